The quantitative estimate of drug-likeness (QED) is 0.890. The Bertz CT molecular complexity index is 598. The van der Waals surface area contributed by atoms with Gasteiger partial charge in [0.05, 0.1) is 0 Å². The molecule has 98 valence electrons. The Kier molecular flexibility index (Phi) is 4.07. The SMILES string of the molecule is Cc1ccccc1NC(C(=O)O)c1cccc(Cl)c1. The van der Waals surface area contributed by atoms with Gasteiger partial charge in [-0.2, -0.15) is 0 Å². The Morgan fingerprint density at radius 3 is 2.58 bits per heavy atom. The van der Waals surface area contributed by atoms with Gasteiger partial charge < -0.3 is 10.4 Å². The highest BCUT2D eigenvalue weighted by Crippen LogP contribution is 2.24. The molecule has 3 nitrogen and oxygen atoms in total. The van der Waals surface area contributed by atoms with Crippen LogP contribution in [0.1, 0.15) is 17.2 Å². The van der Waals surface area contributed by atoms with Gasteiger partial charge in [-0.3, -0.25) is 0 Å². The normalized spacial score (nSPS) is 11.9. The van der Waals surface area contributed by atoms with Gasteiger partial charge in [0.25, 0.3) is 0 Å². The average molecular weight is 276 g/mol. The van der Waals surface area contributed by atoms with Gasteiger partial charge in [0.15, 0.2) is 6.04 Å². The van der Waals surface area contributed by atoms with Crippen LogP contribution in [-0.2, 0) is 4.79 Å². The first-order valence-corrected chi connectivity index (χ1v) is 6.26. The fourth-order valence-electron chi connectivity index (χ4n) is 1.86. The number of para-hydroxylation sites is 1. The van der Waals surface area contributed by atoms with Gasteiger partial charge in [0.1, 0.15) is 0 Å². The molecule has 0 aromatic heterocycles. The number of carbonyl (C=O) groups is 1. The Hall–Kier alpha value is -2.00. The Morgan fingerprint density at radius 2 is 1.95 bits per heavy atom. The Labute approximate surface area is 116 Å². The highest BCUT2D eigenvalue weighted by atomic mass is 35.5. The van der Waals surface area contributed by atoms with Gasteiger partial charge in [0, 0.05) is 10.7 Å². The molecule has 0 saturated carbocycles. The summed E-state index contributed by atoms with van der Waals surface area (Å²) in [6.45, 7) is 1.93. The Balaban J connectivity index is 2.32. The lowest BCUT2D eigenvalue weighted by atomic mass is 10.1. The first kappa shape index (κ1) is 13.4. The second-order valence-corrected chi connectivity index (χ2v) is 4.72. The van der Waals surface area contributed by atoms with Crippen molar-refractivity contribution in [2.75, 3.05) is 5.32 Å². The summed E-state index contributed by atoms with van der Waals surface area (Å²) in [7, 11) is 0. The molecule has 2 aromatic rings. The smallest absolute Gasteiger partial charge is 0.330 e. The maximum absolute atomic E-state index is 11.4. The number of halogens is 1. The largest absolute Gasteiger partial charge is 0.479 e. The van der Waals surface area contributed by atoms with E-state index in [2.05, 4.69) is 5.32 Å². The van der Waals surface area contributed by atoms with Gasteiger partial charge in [-0.25, -0.2) is 4.79 Å². The first-order valence-electron chi connectivity index (χ1n) is 5.88. The van der Waals surface area contributed by atoms with Crippen LogP contribution >= 0.6 is 11.6 Å². The summed E-state index contributed by atoms with van der Waals surface area (Å²) in [4.78, 5) is 11.4. The number of hydrogen-bond acceptors (Lipinski definition) is 2. The number of aryl methyl sites for hydroxylation is 1. The lowest BCUT2D eigenvalue weighted by molar-refractivity contribution is -0.138. The van der Waals surface area contributed by atoms with Crippen LogP contribution in [0, 0.1) is 6.92 Å². The second kappa shape index (κ2) is 5.76. The molecule has 4 heteroatoms. The molecule has 0 heterocycles. The lowest BCUT2D eigenvalue weighted by Gasteiger charge is -2.17. The third-order valence-corrected chi connectivity index (χ3v) is 3.11. The third-order valence-electron chi connectivity index (χ3n) is 2.87. The summed E-state index contributed by atoms with van der Waals surface area (Å²) < 4.78 is 0. The summed E-state index contributed by atoms with van der Waals surface area (Å²) in [6, 6.07) is 13.6. The monoisotopic (exact) mass is 275 g/mol. The van der Waals surface area contributed by atoms with E-state index in [0.29, 0.717) is 10.6 Å². The van der Waals surface area contributed by atoms with Crippen molar-refractivity contribution in [3.8, 4) is 0 Å². The summed E-state index contributed by atoms with van der Waals surface area (Å²) >= 11 is 5.91. The highest BCUT2D eigenvalue weighted by Gasteiger charge is 2.20. The van der Waals surface area contributed by atoms with Crippen LogP contribution in [0.4, 0.5) is 5.69 Å². The average Bonchev–Trinajstić information content (AvgIpc) is 2.37. The van der Waals surface area contributed by atoms with Crippen molar-refractivity contribution in [1.29, 1.82) is 0 Å². The van der Waals surface area contributed by atoms with Crippen LogP contribution in [0.2, 0.25) is 5.02 Å². The lowest BCUT2D eigenvalue weighted by Crippen LogP contribution is -2.20. The number of benzene rings is 2. The fraction of sp³-hybridized carbons (Fsp3) is 0.133. The van der Waals surface area contributed by atoms with E-state index < -0.39 is 12.0 Å². The summed E-state index contributed by atoms with van der Waals surface area (Å²) in [5.41, 5.74) is 2.42. The van der Waals surface area contributed by atoms with Gasteiger partial charge in [0.2, 0.25) is 0 Å². The molecule has 1 unspecified atom stereocenters. The molecule has 0 bridgehead atoms. The molecule has 0 saturated heterocycles. The Morgan fingerprint density at radius 1 is 1.21 bits per heavy atom. The summed E-state index contributed by atoms with van der Waals surface area (Å²) in [5.74, 6) is -0.939. The predicted octanol–water partition coefficient (Wildman–Crippen LogP) is 3.89. The molecule has 0 radical (unpaired) electrons. The van der Waals surface area contributed by atoms with E-state index >= 15 is 0 Å². The number of anilines is 1. The predicted molar refractivity (Wildman–Crippen MR) is 76.6 cm³/mol. The number of carboxylic acids is 1. The second-order valence-electron chi connectivity index (χ2n) is 4.29. The van der Waals surface area contributed by atoms with Crippen molar-refractivity contribution >= 4 is 23.3 Å². The minimum Gasteiger partial charge on any atom is -0.479 e. The molecule has 1 atom stereocenters. The van der Waals surface area contributed by atoms with E-state index in [0.717, 1.165) is 11.3 Å². The zero-order valence-electron chi connectivity index (χ0n) is 10.4. The van der Waals surface area contributed by atoms with Gasteiger partial charge in [-0.05, 0) is 36.2 Å². The molecule has 2 aromatic carbocycles. The van der Waals surface area contributed by atoms with Crippen LogP contribution in [0.15, 0.2) is 48.5 Å². The molecular formula is C15H14ClNO2. The van der Waals surface area contributed by atoms with E-state index in [1.165, 1.54) is 0 Å². The number of hydrogen-bond donors (Lipinski definition) is 2. The van der Waals surface area contributed by atoms with Crippen LogP contribution in [0.25, 0.3) is 0 Å². The maximum atomic E-state index is 11.4. The molecule has 2 N–H and O–H groups in total. The molecule has 19 heavy (non-hydrogen) atoms. The molecular weight excluding hydrogens is 262 g/mol. The zero-order chi connectivity index (χ0) is 13.8. The number of rotatable bonds is 4. The number of aliphatic carboxylic acids is 1. The van der Waals surface area contributed by atoms with Crippen molar-refractivity contribution in [3.63, 3.8) is 0 Å². The van der Waals surface area contributed by atoms with Crippen molar-refractivity contribution in [1.82, 2.24) is 0 Å². The molecule has 0 aliphatic rings. The van der Waals surface area contributed by atoms with E-state index in [9.17, 15) is 9.90 Å². The standard InChI is InChI=1S/C15H14ClNO2/c1-10-5-2-3-8-13(10)17-14(15(18)19)11-6-4-7-12(16)9-11/h2-9,14,17H,1H3,(H,18,19). The minimum absolute atomic E-state index is 0.523. The molecule has 0 aliphatic carbocycles. The van der Waals surface area contributed by atoms with Gasteiger partial charge in [-0.15, -0.1) is 0 Å². The van der Waals surface area contributed by atoms with Gasteiger partial charge >= 0.3 is 5.97 Å². The van der Waals surface area contributed by atoms with Crippen LogP contribution in [-0.4, -0.2) is 11.1 Å². The third kappa shape index (κ3) is 3.26. The highest BCUT2D eigenvalue weighted by molar-refractivity contribution is 6.30. The zero-order valence-corrected chi connectivity index (χ0v) is 11.2. The van der Waals surface area contributed by atoms with E-state index in [1.807, 2.05) is 31.2 Å². The molecule has 0 fully saturated rings. The van der Waals surface area contributed by atoms with Gasteiger partial charge in [-0.1, -0.05) is 41.9 Å². The number of carboxylic acid groups (broad SMARTS) is 1. The summed E-state index contributed by atoms with van der Waals surface area (Å²) in [5, 5.41) is 12.9. The molecule has 0 aliphatic heterocycles. The molecule has 2 rings (SSSR count). The van der Waals surface area contributed by atoms with Crippen LogP contribution in [0.5, 0.6) is 0 Å². The van der Waals surface area contributed by atoms with E-state index in [4.69, 9.17) is 11.6 Å². The minimum atomic E-state index is -0.939. The number of nitrogens with one attached hydrogen (secondary N) is 1. The van der Waals surface area contributed by atoms with Crippen LogP contribution in [0.3, 0.4) is 0 Å². The topological polar surface area (TPSA) is 49.3 Å². The first-order chi connectivity index (χ1) is 9.08. The summed E-state index contributed by atoms with van der Waals surface area (Å²) in [6.07, 6.45) is 0. The van der Waals surface area contributed by atoms with Crippen molar-refractivity contribution in [2.24, 2.45) is 0 Å². The van der Waals surface area contributed by atoms with Crippen LogP contribution < -0.4 is 5.32 Å². The van der Waals surface area contributed by atoms with Crippen molar-refractivity contribution in [2.45, 2.75) is 13.0 Å². The van der Waals surface area contributed by atoms with E-state index in [1.54, 1.807) is 24.3 Å². The fourth-order valence-corrected chi connectivity index (χ4v) is 2.06. The molecule has 0 spiro atoms. The van der Waals surface area contributed by atoms with Crippen molar-refractivity contribution < 1.29 is 9.90 Å². The molecule has 0 amide bonds. The van der Waals surface area contributed by atoms with Crippen molar-refractivity contribution in [3.05, 3.63) is 64.7 Å². The van der Waals surface area contributed by atoms with E-state index in [-0.39, 0.29) is 0 Å². The maximum Gasteiger partial charge on any atom is 0.330 e.